The number of halogens is 1. The molecule has 102 valence electrons. The highest BCUT2D eigenvalue weighted by Crippen LogP contribution is 2.21. The Kier molecular flexibility index (Phi) is 4.68. The van der Waals surface area contributed by atoms with Crippen molar-refractivity contribution in [2.75, 3.05) is 13.1 Å². The molecule has 0 spiro atoms. The molecule has 0 atom stereocenters. The van der Waals surface area contributed by atoms with E-state index in [1.807, 2.05) is 6.07 Å². The Morgan fingerprint density at radius 3 is 2.95 bits per heavy atom. The molecule has 1 N–H and O–H groups in total. The molecule has 4 heteroatoms. The number of nitrogens with zero attached hydrogens (tertiary/aromatic N) is 1. The molecular formula is C15H19FN2O. The maximum Gasteiger partial charge on any atom is 0.196 e. The standard InChI is InChI=1S/C15H19FN2O/c1-11(2)9-17-7-6-15-18-10-14(19-15)12-4-3-5-13(16)8-12/h3-5,8,10-11,17H,6-7,9H2,1-2H3. The fraction of sp³-hybridized carbons (Fsp3) is 0.400. The molecule has 0 aliphatic carbocycles. The molecule has 0 aliphatic heterocycles. The third kappa shape index (κ3) is 4.17. The molecule has 1 aromatic carbocycles. The minimum absolute atomic E-state index is 0.269. The number of benzene rings is 1. The van der Waals surface area contributed by atoms with Gasteiger partial charge in [-0.2, -0.15) is 0 Å². The molecule has 1 aromatic heterocycles. The van der Waals surface area contributed by atoms with E-state index in [2.05, 4.69) is 24.1 Å². The summed E-state index contributed by atoms with van der Waals surface area (Å²) in [4.78, 5) is 4.21. The van der Waals surface area contributed by atoms with Gasteiger partial charge in [0, 0.05) is 18.5 Å². The van der Waals surface area contributed by atoms with E-state index in [0.29, 0.717) is 23.1 Å². The Bertz CT molecular complexity index is 522. The van der Waals surface area contributed by atoms with Gasteiger partial charge in [0.25, 0.3) is 0 Å². The van der Waals surface area contributed by atoms with E-state index >= 15 is 0 Å². The normalized spacial score (nSPS) is 11.2. The SMILES string of the molecule is CC(C)CNCCc1ncc(-c2cccc(F)c2)o1. The molecular weight excluding hydrogens is 243 g/mol. The molecule has 0 fully saturated rings. The minimum atomic E-state index is -0.269. The average molecular weight is 262 g/mol. The predicted octanol–water partition coefficient (Wildman–Crippen LogP) is 3.27. The van der Waals surface area contributed by atoms with Gasteiger partial charge < -0.3 is 9.73 Å². The molecule has 0 saturated heterocycles. The van der Waals surface area contributed by atoms with E-state index in [1.54, 1.807) is 12.3 Å². The second-order valence-electron chi connectivity index (χ2n) is 4.98. The summed E-state index contributed by atoms with van der Waals surface area (Å²) in [5.74, 6) is 1.65. The zero-order valence-corrected chi connectivity index (χ0v) is 11.3. The number of hydrogen-bond acceptors (Lipinski definition) is 3. The van der Waals surface area contributed by atoms with Crippen LogP contribution in [-0.2, 0) is 6.42 Å². The van der Waals surface area contributed by atoms with Crippen LogP contribution >= 0.6 is 0 Å². The molecule has 0 saturated carbocycles. The molecule has 0 unspecified atom stereocenters. The van der Waals surface area contributed by atoms with Crippen LogP contribution in [0.15, 0.2) is 34.9 Å². The van der Waals surface area contributed by atoms with Gasteiger partial charge in [-0.3, -0.25) is 0 Å². The molecule has 0 radical (unpaired) electrons. The van der Waals surface area contributed by atoms with Crippen LogP contribution in [0.3, 0.4) is 0 Å². The zero-order valence-electron chi connectivity index (χ0n) is 11.3. The predicted molar refractivity (Wildman–Crippen MR) is 73.3 cm³/mol. The second-order valence-corrected chi connectivity index (χ2v) is 4.98. The van der Waals surface area contributed by atoms with Crippen molar-refractivity contribution in [2.24, 2.45) is 5.92 Å². The number of nitrogens with one attached hydrogen (secondary N) is 1. The Balaban J connectivity index is 1.92. The van der Waals surface area contributed by atoms with E-state index in [-0.39, 0.29) is 5.82 Å². The first-order chi connectivity index (χ1) is 9.15. The molecule has 19 heavy (non-hydrogen) atoms. The van der Waals surface area contributed by atoms with Gasteiger partial charge in [-0.15, -0.1) is 0 Å². The first kappa shape index (κ1) is 13.7. The first-order valence-electron chi connectivity index (χ1n) is 6.56. The quantitative estimate of drug-likeness (QED) is 0.812. The molecule has 0 amide bonds. The summed E-state index contributed by atoms with van der Waals surface area (Å²) < 4.78 is 18.7. The topological polar surface area (TPSA) is 38.1 Å². The van der Waals surface area contributed by atoms with Gasteiger partial charge in [-0.1, -0.05) is 26.0 Å². The van der Waals surface area contributed by atoms with Crippen molar-refractivity contribution < 1.29 is 8.81 Å². The molecule has 0 bridgehead atoms. The average Bonchev–Trinajstić information content (AvgIpc) is 2.83. The molecule has 1 heterocycles. The highest BCUT2D eigenvalue weighted by molar-refractivity contribution is 5.56. The lowest BCUT2D eigenvalue weighted by Crippen LogP contribution is -2.22. The first-order valence-corrected chi connectivity index (χ1v) is 6.56. The van der Waals surface area contributed by atoms with Crippen molar-refractivity contribution in [1.29, 1.82) is 0 Å². The van der Waals surface area contributed by atoms with Gasteiger partial charge in [0.15, 0.2) is 11.7 Å². The van der Waals surface area contributed by atoms with Crippen LogP contribution in [0.2, 0.25) is 0 Å². The number of rotatable bonds is 6. The lowest BCUT2D eigenvalue weighted by molar-refractivity contribution is 0.482. The van der Waals surface area contributed by atoms with Gasteiger partial charge in [0.2, 0.25) is 0 Å². The summed E-state index contributed by atoms with van der Waals surface area (Å²) in [5.41, 5.74) is 0.717. The van der Waals surface area contributed by atoms with E-state index in [9.17, 15) is 4.39 Å². The number of aromatic nitrogens is 1. The second kappa shape index (κ2) is 6.48. The highest BCUT2D eigenvalue weighted by atomic mass is 19.1. The van der Waals surface area contributed by atoms with Crippen LogP contribution in [0.25, 0.3) is 11.3 Å². The third-order valence-electron chi connectivity index (χ3n) is 2.73. The van der Waals surface area contributed by atoms with Gasteiger partial charge in [-0.05, 0) is 24.6 Å². The van der Waals surface area contributed by atoms with Crippen molar-refractivity contribution in [3.05, 3.63) is 42.2 Å². The summed E-state index contributed by atoms with van der Waals surface area (Å²) in [6.07, 6.45) is 2.38. The van der Waals surface area contributed by atoms with Crippen molar-refractivity contribution >= 4 is 0 Å². The molecule has 2 rings (SSSR count). The summed E-state index contributed by atoms with van der Waals surface area (Å²) in [7, 11) is 0. The van der Waals surface area contributed by atoms with Crippen LogP contribution in [0, 0.1) is 11.7 Å². The zero-order chi connectivity index (χ0) is 13.7. The van der Waals surface area contributed by atoms with E-state index in [4.69, 9.17) is 4.42 Å². The summed E-state index contributed by atoms with van der Waals surface area (Å²) in [5, 5.41) is 3.33. The third-order valence-corrected chi connectivity index (χ3v) is 2.73. The van der Waals surface area contributed by atoms with Gasteiger partial charge in [0.05, 0.1) is 6.20 Å². The maximum absolute atomic E-state index is 13.1. The van der Waals surface area contributed by atoms with Crippen LogP contribution in [0.1, 0.15) is 19.7 Å². The highest BCUT2D eigenvalue weighted by Gasteiger charge is 2.07. The summed E-state index contributed by atoms with van der Waals surface area (Å²) in [6, 6.07) is 6.33. The van der Waals surface area contributed by atoms with Crippen molar-refractivity contribution in [3.63, 3.8) is 0 Å². The molecule has 0 aliphatic rings. The fourth-order valence-electron chi connectivity index (χ4n) is 1.79. The smallest absolute Gasteiger partial charge is 0.196 e. The Morgan fingerprint density at radius 2 is 2.21 bits per heavy atom. The lowest BCUT2D eigenvalue weighted by atomic mass is 10.2. The molecule has 2 aromatic rings. The van der Waals surface area contributed by atoms with Crippen molar-refractivity contribution in [2.45, 2.75) is 20.3 Å². The lowest BCUT2D eigenvalue weighted by Gasteiger charge is -2.05. The summed E-state index contributed by atoms with van der Waals surface area (Å²) in [6.45, 7) is 6.15. The maximum atomic E-state index is 13.1. The summed E-state index contributed by atoms with van der Waals surface area (Å²) >= 11 is 0. The van der Waals surface area contributed by atoms with E-state index in [0.717, 1.165) is 19.5 Å². The Morgan fingerprint density at radius 1 is 1.37 bits per heavy atom. The Labute approximate surface area is 112 Å². The van der Waals surface area contributed by atoms with Crippen molar-refractivity contribution in [3.8, 4) is 11.3 Å². The Hall–Kier alpha value is -1.68. The number of hydrogen-bond donors (Lipinski definition) is 1. The minimum Gasteiger partial charge on any atom is -0.441 e. The van der Waals surface area contributed by atoms with Crippen LogP contribution < -0.4 is 5.32 Å². The van der Waals surface area contributed by atoms with Gasteiger partial charge in [0.1, 0.15) is 5.82 Å². The van der Waals surface area contributed by atoms with Crippen LogP contribution in [0.5, 0.6) is 0 Å². The largest absolute Gasteiger partial charge is 0.441 e. The van der Waals surface area contributed by atoms with Crippen LogP contribution in [-0.4, -0.2) is 18.1 Å². The monoisotopic (exact) mass is 262 g/mol. The van der Waals surface area contributed by atoms with E-state index < -0.39 is 0 Å². The van der Waals surface area contributed by atoms with Crippen LogP contribution in [0.4, 0.5) is 4.39 Å². The fourth-order valence-corrected chi connectivity index (χ4v) is 1.79. The van der Waals surface area contributed by atoms with Gasteiger partial charge >= 0.3 is 0 Å². The van der Waals surface area contributed by atoms with E-state index in [1.165, 1.54) is 12.1 Å². The molecule has 3 nitrogen and oxygen atoms in total. The van der Waals surface area contributed by atoms with Gasteiger partial charge in [-0.25, -0.2) is 9.37 Å². The van der Waals surface area contributed by atoms with Crippen molar-refractivity contribution in [1.82, 2.24) is 10.3 Å². The number of oxazole rings is 1.